The van der Waals surface area contributed by atoms with Crippen LogP contribution in [0.4, 0.5) is 0 Å². The number of allylic oxidation sites excluding steroid dienone is 1. The van der Waals surface area contributed by atoms with Crippen molar-refractivity contribution >= 4 is 21.6 Å². The molecule has 0 unspecified atom stereocenters. The van der Waals surface area contributed by atoms with Crippen molar-refractivity contribution in [2.45, 2.75) is 26.4 Å². The fourth-order valence-electron chi connectivity index (χ4n) is 3.55. The summed E-state index contributed by atoms with van der Waals surface area (Å²) in [6.07, 6.45) is 0.834. The highest BCUT2D eigenvalue weighted by atomic mass is 32.1. The van der Waals surface area contributed by atoms with E-state index >= 15 is 0 Å². The second-order valence-electron chi connectivity index (χ2n) is 6.97. The standard InChI is InChI=1S/C20H21N3O2S/c1-13(2)11-22-19-17(15-9-10-21(3)12-16(15)26-19)18(24)23(20(22)25)14-7-5-4-6-8-14/h4-8H,1,9-12H2,2-3H3. The molecule has 3 aromatic rings. The van der Waals surface area contributed by atoms with E-state index < -0.39 is 0 Å². The average Bonchev–Trinajstić information content (AvgIpc) is 2.98. The molecule has 1 aliphatic heterocycles. The number of likely N-dealkylation sites (N-methyl/N-ethyl adjacent to an activating group) is 1. The maximum atomic E-state index is 13.3. The van der Waals surface area contributed by atoms with Gasteiger partial charge < -0.3 is 4.90 Å². The fourth-order valence-corrected chi connectivity index (χ4v) is 4.96. The van der Waals surface area contributed by atoms with Gasteiger partial charge in [0.05, 0.1) is 11.1 Å². The number of hydrogen-bond donors (Lipinski definition) is 0. The minimum absolute atomic E-state index is 0.212. The zero-order valence-corrected chi connectivity index (χ0v) is 15.8. The molecule has 2 aromatic heterocycles. The number of thiophene rings is 1. The molecule has 1 aliphatic rings. The molecule has 0 N–H and O–H groups in total. The van der Waals surface area contributed by atoms with Crippen LogP contribution >= 0.6 is 11.3 Å². The molecule has 4 rings (SSSR count). The highest BCUT2D eigenvalue weighted by Gasteiger charge is 2.25. The first-order chi connectivity index (χ1) is 12.5. The average molecular weight is 367 g/mol. The van der Waals surface area contributed by atoms with Crippen LogP contribution in [0.1, 0.15) is 17.4 Å². The monoisotopic (exact) mass is 367 g/mol. The van der Waals surface area contributed by atoms with Gasteiger partial charge in [0, 0.05) is 24.5 Å². The third-order valence-electron chi connectivity index (χ3n) is 4.76. The quantitative estimate of drug-likeness (QED) is 0.669. The van der Waals surface area contributed by atoms with E-state index in [1.165, 1.54) is 9.44 Å². The van der Waals surface area contributed by atoms with Gasteiger partial charge in [0.25, 0.3) is 5.56 Å². The first-order valence-electron chi connectivity index (χ1n) is 8.66. The molecule has 134 valence electrons. The number of aromatic nitrogens is 2. The molecule has 0 spiro atoms. The maximum Gasteiger partial charge on any atom is 0.337 e. The van der Waals surface area contributed by atoms with E-state index in [1.54, 1.807) is 28.0 Å². The number of hydrogen-bond acceptors (Lipinski definition) is 4. The Bertz CT molecular complexity index is 1120. The Labute approximate surface area is 155 Å². The SMILES string of the molecule is C=C(C)Cn1c(=O)n(-c2ccccc2)c(=O)c2c3c(sc21)CN(C)CC3. The van der Waals surface area contributed by atoms with Crippen LogP contribution in [-0.4, -0.2) is 27.6 Å². The summed E-state index contributed by atoms with van der Waals surface area (Å²) in [6.45, 7) is 8.02. The summed E-state index contributed by atoms with van der Waals surface area (Å²) in [4.78, 5) is 30.7. The third-order valence-corrected chi connectivity index (χ3v) is 6.00. The van der Waals surface area contributed by atoms with Crippen molar-refractivity contribution in [3.8, 4) is 5.69 Å². The Morgan fingerprint density at radius 2 is 1.96 bits per heavy atom. The maximum absolute atomic E-state index is 13.3. The molecule has 0 saturated carbocycles. The van der Waals surface area contributed by atoms with E-state index in [0.717, 1.165) is 35.5 Å². The fraction of sp³-hybridized carbons (Fsp3) is 0.300. The first kappa shape index (κ1) is 17.0. The Hall–Kier alpha value is -2.44. The van der Waals surface area contributed by atoms with E-state index in [-0.39, 0.29) is 11.2 Å². The van der Waals surface area contributed by atoms with Crippen molar-refractivity contribution in [1.29, 1.82) is 0 Å². The van der Waals surface area contributed by atoms with Gasteiger partial charge in [-0.2, -0.15) is 0 Å². The van der Waals surface area contributed by atoms with E-state index in [9.17, 15) is 9.59 Å². The summed E-state index contributed by atoms with van der Waals surface area (Å²) in [5.41, 5.74) is 2.08. The third kappa shape index (κ3) is 2.66. The molecular formula is C20H21N3O2S. The number of nitrogens with zero attached hydrogens (tertiary/aromatic N) is 3. The zero-order chi connectivity index (χ0) is 18.4. The van der Waals surface area contributed by atoms with Gasteiger partial charge in [0.1, 0.15) is 4.83 Å². The van der Waals surface area contributed by atoms with E-state index in [0.29, 0.717) is 17.6 Å². The van der Waals surface area contributed by atoms with Crippen LogP contribution < -0.4 is 11.2 Å². The Balaban J connectivity index is 2.12. The van der Waals surface area contributed by atoms with Gasteiger partial charge in [-0.3, -0.25) is 9.36 Å². The summed E-state index contributed by atoms with van der Waals surface area (Å²) >= 11 is 1.57. The van der Waals surface area contributed by atoms with Gasteiger partial charge in [0.15, 0.2) is 0 Å². The second-order valence-corrected chi connectivity index (χ2v) is 8.06. The lowest BCUT2D eigenvalue weighted by atomic mass is 10.1. The molecule has 1 aromatic carbocycles. The van der Waals surface area contributed by atoms with Gasteiger partial charge in [0.2, 0.25) is 0 Å². The summed E-state index contributed by atoms with van der Waals surface area (Å²) in [5, 5.41) is 0.697. The summed E-state index contributed by atoms with van der Waals surface area (Å²) in [7, 11) is 2.08. The lowest BCUT2D eigenvalue weighted by molar-refractivity contribution is 0.318. The number of rotatable bonds is 3. The zero-order valence-electron chi connectivity index (χ0n) is 15.0. The van der Waals surface area contributed by atoms with Crippen LogP contribution in [0.25, 0.3) is 15.9 Å². The molecule has 26 heavy (non-hydrogen) atoms. The van der Waals surface area contributed by atoms with Crippen LogP contribution in [0, 0.1) is 0 Å². The van der Waals surface area contributed by atoms with Gasteiger partial charge in [-0.1, -0.05) is 30.4 Å². The van der Waals surface area contributed by atoms with Crippen LogP contribution in [-0.2, 0) is 19.5 Å². The van der Waals surface area contributed by atoms with Gasteiger partial charge in [-0.25, -0.2) is 9.36 Å². The van der Waals surface area contributed by atoms with Gasteiger partial charge in [-0.15, -0.1) is 11.3 Å². The molecule has 0 aliphatic carbocycles. The van der Waals surface area contributed by atoms with Gasteiger partial charge in [-0.05, 0) is 38.1 Å². The largest absolute Gasteiger partial charge is 0.337 e. The lowest BCUT2D eigenvalue weighted by Gasteiger charge is -2.21. The van der Waals surface area contributed by atoms with Crippen molar-refractivity contribution in [2.75, 3.05) is 13.6 Å². The predicted octanol–water partition coefficient (Wildman–Crippen LogP) is 2.78. The Kier molecular flexibility index (Phi) is 4.17. The summed E-state index contributed by atoms with van der Waals surface area (Å²) in [5.74, 6) is 0. The molecule has 3 heterocycles. The van der Waals surface area contributed by atoms with Crippen LogP contribution in [0.3, 0.4) is 0 Å². The molecule has 0 amide bonds. The molecule has 5 nitrogen and oxygen atoms in total. The topological polar surface area (TPSA) is 47.2 Å². The van der Waals surface area contributed by atoms with Crippen LogP contribution in [0.5, 0.6) is 0 Å². The highest BCUT2D eigenvalue weighted by molar-refractivity contribution is 7.18. The minimum Gasteiger partial charge on any atom is -0.301 e. The van der Waals surface area contributed by atoms with E-state index in [2.05, 4.69) is 18.5 Å². The van der Waals surface area contributed by atoms with Crippen LogP contribution in [0.2, 0.25) is 0 Å². The molecule has 0 atom stereocenters. The second kappa shape index (κ2) is 6.37. The summed E-state index contributed by atoms with van der Waals surface area (Å²) < 4.78 is 3.01. The van der Waals surface area contributed by atoms with Crippen molar-refractivity contribution in [2.24, 2.45) is 0 Å². The number of fused-ring (bicyclic) bond motifs is 3. The number of para-hydroxylation sites is 1. The van der Waals surface area contributed by atoms with Crippen molar-refractivity contribution in [3.63, 3.8) is 0 Å². The predicted molar refractivity (Wildman–Crippen MR) is 107 cm³/mol. The summed E-state index contributed by atoms with van der Waals surface area (Å²) in [6, 6.07) is 9.15. The lowest BCUT2D eigenvalue weighted by Crippen LogP contribution is -2.39. The first-order valence-corrected chi connectivity index (χ1v) is 9.47. The molecular weight excluding hydrogens is 346 g/mol. The van der Waals surface area contributed by atoms with Crippen molar-refractivity contribution in [1.82, 2.24) is 14.0 Å². The van der Waals surface area contributed by atoms with Crippen molar-refractivity contribution < 1.29 is 0 Å². The smallest absolute Gasteiger partial charge is 0.301 e. The van der Waals surface area contributed by atoms with Crippen molar-refractivity contribution in [3.05, 3.63) is 73.8 Å². The van der Waals surface area contributed by atoms with E-state index in [4.69, 9.17) is 0 Å². The van der Waals surface area contributed by atoms with Gasteiger partial charge >= 0.3 is 5.69 Å². The molecule has 0 saturated heterocycles. The van der Waals surface area contributed by atoms with E-state index in [1.807, 2.05) is 25.1 Å². The molecule has 6 heteroatoms. The Morgan fingerprint density at radius 3 is 2.65 bits per heavy atom. The molecule has 0 fully saturated rings. The Morgan fingerprint density at radius 1 is 1.23 bits per heavy atom. The van der Waals surface area contributed by atoms with Crippen LogP contribution in [0.15, 0.2) is 52.1 Å². The molecule has 0 bridgehead atoms. The molecule has 0 radical (unpaired) electrons. The normalized spacial score (nSPS) is 14.5. The number of benzene rings is 1. The highest BCUT2D eigenvalue weighted by Crippen LogP contribution is 2.32. The minimum atomic E-state index is -0.302.